The van der Waals surface area contributed by atoms with Gasteiger partial charge in [-0.05, 0) is 56.6 Å². The maximum atomic E-state index is 11.4. The first-order valence-corrected chi connectivity index (χ1v) is 7.40. The third-order valence-electron chi connectivity index (χ3n) is 3.94. The van der Waals surface area contributed by atoms with E-state index in [9.17, 15) is 4.79 Å². The minimum absolute atomic E-state index is 0.287. The molecule has 0 aliphatic carbocycles. The highest BCUT2D eigenvalue weighted by Crippen LogP contribution is 2.17. The lowest BCUT2D eigenvalue weighted by atomic mass is 10.1. The normalized spacial score (nSPS) is 20.2. The van der Waals surface area contributed by atoms with Gasteiger partial charge in [0, 0.05) is 18.3 Å². The van der Waals surface area contributed by atoms with Crippen molar-refractivity contribution in [1.29, 1.82) is 0 Å². The van der Waals surface area contributed by atoms with E-state index in [0.29, 0.717) is 11.6 Å². The molecule has 0 amide bonds. The van der Waals surface area contributed by atoms with Crippen molar-refractivity contribution < 1.29 is 9.53 Å². The van der Waals surface area contributed by atoms with E-state index in [0.717, 1.165) is 18.8 Å². The molecule has 1 aromatic carbocycles. The number of benzene rings is 1. The number of carbonyl (C=O) groups is 1. The topological polar surface area (TPSA) is 41.6 Å². The van der Waals surface area contributed by atoms with Crippen molar-refractivity contribution in [3.63, 3.8) is 0 Å². The van der Waals surface area contributed by atoms with Crippen molar-refractivity contribution in [3.8, 4) is 0 Å². The van der Waals surface area contributed by atoms with Crippen LogP contribution >= 0.6 is 0 Å². The molecule has 0 spiro atoms. The molecule has 1 heterocycles. The molecule has 1 unspecified atom stereocenters. The molecule has 20 heavy (non-hydrogen) atoms. The largest absolute Gasteiger partial charge is 0.465 e. The summed E-state index contributed by atoms with van der Waals surface area (Å²) in [6.07, 6.45) is 3.62. The number of hydrogen-bond acceptors (Lipinski definition) is 4. The fourth-order valence-corrected chi connectivity index (χ4v) is 2.67. The van der Waals surface area contributed by atoms with Crippen molar-refractivity contribution in [2.45, 2.75) is 32.2 Å². The van der Waals surface area contributed by atoms with Crippen LogP contribution < -0.4 is 5.32 Å². The number of rotatable bonds is 4. The van der Waals surface area contributed by atoms with Gasteiger partial charge in [-0.2, -0.15) is 0 Å². The van der Waals surface area contributed by atoms with Crippen LogP contribution in [0.4, 0.5) is 5.69 Å². The molecule has 0 bridgehead atoms. The van der Waals surface area contributed by atoms with Crippen molar-refractivity contribution in [1.82, 2.24) is 4.90 Å². The summed E-state index contributed by atoms with van der Waals surface area (Å²) in [5.74, 6) is -0.287. The molecule has 1 aromatic rings. The second-order valence-corrected chi connectivity index (χ2v) is 5.28. The van der Waals surface area contributed by atoms with Gasteiger partial charge in [-0.25, -0.2) is 4.79 Å². The first kappa shape index (κ1) is 14.9. The molecule has 1 fully saturated rings. The Labute approximate surface area is 121 Å². The van der Waals surface area contributed by atoms with Gasteiger partial charge in [0.15, 0.2) is 0 Å². The van der Waals surface area contributed by atoms with Crippen LogP contribution in [-0.2, 0) is 4.74 Å². The molecule has 110 valence electrons. The fraction of sp³-hybridized carbons (Fsp3) is 0.562. The van der Waals surface area contributed by atoms with Gasteiger partial charge in [-0.15, -0.1) is 0 Å². The predicted octanol–water partition coefficient (Wildman–Crippen LogP) is 2.76. The van der Waals surface area contributed by atoms with E-state index in [1.54, 1.807) is 0 Å². The molecular formula is C16H24N2O2. The zero-order valence-electron chi connectivity index (χ0n) is 12.4. The van der Waals surface area contributed by atoms with Crippen LogP contribution in [0.1, 0.15) is 36.5 Å². The molecule has 1 aliphatic rings. The SMILES string of the molecule is CCN1CCCC(Nc2ccc(C(=O)OC)cc2)CC1. The maximum absolute atomic E-state index is 11.4. The fourth-order valence-electron chi connectivity index (χ4n) is 2.67. The Kier molecular flexibility index (Phi) is 5.41. The maximum Gasteiger partial charge on any atom is 0.337 e. The van der Waals surface area contributed by atoms with E-state index in [1.807, 2.05) is 24.3 Å². The van der Waals surface area contributed by atoms with Gasteiger partial charge < -0.3 is 15.0 Å². The highest BCUT2D eigenvalue weighted by atomic mass is 16.5. The van der Waals surface area contributed by atoms with Crippen LogP contribution in [0, 0.1) is 0 Å². The van der Waals surface area contributed by atoms with Gasteiger partial charge in [0.2, 0.25) is 0 Å². The summed E-state index contributed by atoms with van der Waals surface area (Å²) in [5, 5.41) is 3.57. The highest BCUT2D eigenvalue weighted by Gasteiger charge is 2.15. The van der Waals surface area contributed by atoms with E-state index >= 15 is 0 Å². The lowest BCUT2D eigenvalue weighted by Gasteiger charge is -2.19. The van der Waals surface area contributed by atoms with Crippen LogP contribution in [0.2, 0.25) is 0 Å². The van der Waals surface area contributed by atoms with Crippen molar-refractivity contribution in [2.24, 2.45) is 0 Å². The number of carbonyl (C=O) groups excluding carboxylic acids is 1. The van der Waals surface area contributed by atoms with Crippen LogP contribution in [0.25, 0.3) is 0 Å². The molecule has 0 aromatic heterocycles. The van der Waals surface area contributed by atoms with Crippen molar-refractivity contribution >= 4 is 11.7 Å². The summed E-state index contributed by atoms with van der Waals surface area (Å²) in [6, 6.07) is 8.05. The summed E-state index contributed by atoms with van der Waals surface area (Å²) >= 11 is 0. The van der Waals surface area contributed by atoms with E-state index in [4.69, 9.17) is 4.74 Å². The van der Waals surface area contributed by atoms with Crippen LogP contribution in [-0.4, -0.2) is 43.7 Å². The van der Waals surface area contributed by atoms with E-state index in [-0.39, 0.29) is 5.97 Å². The lowest BCUT2D eigenvalue weighted by molar-refractivity contribution is 0.0601. The molecule has 1 aliphatic heterocycles. The summed E-state index contributed by atoms with van der Waals surface area (Å²) in [4.78, 5) is 13.9. The molecule has 4 nitrogen and oxygen atoms in total. The Hall–Kier alpha value is -1.55. The number of methoxy groups -OCH3 is 1. The van der Waals surface area contributed by atoms with Gasteiger partial charge in [0.05, 0.1) is 12.7 Å². The second kappa shape index (κ2) is 7.29. The number of esters is 1. The molecule has 1 N–H and O–H groups in total. The van der Waals surface area contributed by atoms with E-state index in [2.05, 4.69) is 17.1 Å². The summed E-state index contributed by atoms with van der Waals surface area (Å²) in [6.45, 7) is 5.73. The highest BCUT2D eigenvalue weighted by molar-refractivity contribution is 5.89. The number of nitrogens with one attached hydrogen (secondary N) is 1. The zero-order chi connectivity index (χ0) is 14.4. The average molecular weight is 276 g/mol. The van der Waals surface area contributed by atoms with Crippen LogP contribution in [0.15, 0.2) is 24.3 Å². The molecule has 4 heteroatoms. The number of anilines is 1. The zero-order valence-corrected chi connectivity index (χ0v) is 12.4. The van der Waals surface area contributed by atoms with Crippen LogP contribution in [0.5, 0.6) is 0 Å². The molecule has 0 saturated carbocycles. The molecule has 0 radical (unpaired) electrons. The monoisotopic (exact) mass is 276 g/mol. The molecule has 1 saturated heterocycles. The summed E-state index contributed by atoms with van der Waals surface area (Å²) in [7, 11) is 1.40. The minimum atomic E-state index is -0.287. The number of ether oxygens (including phenoxy) is 1. The first-order chi connectivity index (χ1) is 9.72. The van der Waals surface area contributed by atoms with Crippen molar-refractivity contribution in [3.05, 3.63) is 29.8 Å². The Balaban J connectivity index is 1.91. The lowest BCUT2D eigenvalue weighted by Crippen LogP contribution is -2.26. The molecule has 1 atom stereocenters. The Morgan fingerprint density at radius 3 is 2.70 bits per heavy atom. The predicted molar refractivity (Wildman–Crippen MR) is 81.2 cm³/mol. The van der Waals surface area contributed by atoms with E-state index in [1.165, 1.54) is 32.9 Å². The Bertz CT molecular complexity index is 431. The summed E-state index contributed by atoms with van der Waals surface area (Å²) in [5.41, 5.74) is 1.67. The third kappa shape index (κ3) is 3.97. The summed E-state index contributed by atoms with van der Waals surface area (Å²) < 4.78 is 4.70. The molecule has 2 rings (SSSR count). The third-order valence-corrected chi connectivity index (χ3v) is 3.94. The first-order valence-electron chi connectivity index (χ1n) is 7.40. The standard InChI is InChI=1S/C16H24N2O2/c1-3-18-11-4-5-14(10-12-18)17-15-8-6-13(7-9-15)16(19)20-2/h6-9,14,17H,3-5,10-12H2,1-2H3. The van der Waals surface area contributed by atoms with Gasteiger partial charge in [-0.1, -0.05) is 6.92 Å². The smallest absolute Gasteiger partial charge is 0.337 e. The van der Waals surface area contributed by atoms with Gasteiger partial charge in [0.25, 0.3) is 0 Å². The average Bonchev–Trinajstić information content (AvgIpc) is 2.72. The van der Waals surface area contributed by atoms with Gasteiger partial charge >= 0.3 is 5.97 Å². The number of likely N-dealkylation sites (tertiary alicyclic amines) is 1. The van der Waals surface area contributed by atoms with Gasteiger partial charge in [0.1, 0.15) is 0 Å². The number of nitrogens with zero attached hydrogens (tertiary/aromatic N) is 1. The van der Waals surface area contributed by atoms with E-state index < -0.39 is 0 Å². The Morgan fingerprint density at radius 1 is 1.30 bits per heavy atom. The number of hydrogen-bond donors (Lipinski definition) is 1. The second-order valence-electron chi connectivity index (χ2n) is 5.28. The quantitative estimate of drug-likeness (QED) is 0.859. The van der Waals surface area contributed by atoms with Gasteiger partial charge in [-0.3, -0.25) is 0 Å². The minimum Gasteiger partial charge on any atom is -0.465 e. The van der Waals surface area contributed by atoms with Crippen LogP contribution in [0.3, 0.4) is 0 Å². The molecular weight excluding hydrogens is 252 g/mol. The Morgan fingerprint density at radius 2 is 2.05 bits per heavy atom. The van der Waals surface area contributed by atoms with Crippen molar-refractivity contribution in [2.75, 3.05) is 32.1 Å².